The third-order valence-electron chi connectivity index (χ3n) is 3.20. The van der Waals surface area contributed by atoms with E-state index in [2.05, 4.69) is 29.1 Å². The predicted molar refractivity (Wildman–Crippen MR) is 77.4 cm³/mol. The van der Waals surface area contributed by atoms with Crippen LogP contribution in [0.4, 0.5) is 5.69 Å². The zero-order chi connectivity index (χ0) is 13.1. The number of para-hydroxylation sites is 3. The lowest BCUT2D eigenvalue weighted by Gasteiger charge is -2.17. The normalized spacial score (nSPS) is 10.8. The molecule has 0 spiro atoms. The molecule has 0 saturated carbocycles. The minimum absolute atomic E-state index is 0.795. The van der Waals surface area contributed by atoms with E-state index in [0.29, 0.717) is 0 Å². The van der Waals surface area contributed by atoms with Crippen molar-refractivity contribution < 1.29 is 4.42 Å². The summed E-state index contributed by atoms with van der Waals surface area (Å²) in [6.45, 7) is 0.886. The Morgan fingerprint density at radius 1 is 1.00 bits per heavy atom. The zero-order valence-electron chi connectivity index (χ0n) is 10.9. The Bertz CT molecular complexity index is 628. The average molecular weight is 252 g/mol. The number of hydrogen-bond acceptors (Lipinski definition) is 3. The van der Waals surface area contributed by atoms with Crippen LogP contribution in [0, 0.1) is 0 Å². The van der Waals surface area contributed by atoms with E-state index >= 15 is 0 Å². The Balaban J connectivity index is 1.69. The van der Waals surface area contributed by atoms with Crippen LogP contribution in [0.15, 0.2) is 59.0 Å². The van der Waals surface area contributed by atoms with Gasteiger partial charge in [-0.25, -0.2) is 4.98 Å². The van der Waals surface area contributed by atoms with E-state index in [0.717, 1.165) is 30.0 Å². The molecule has 96 valence electrons. The van der Waals surface area contributed by atoms with Crippen LogP contribution in [0.5, 0.6) is 0 Å². The minimum Gasteiger partial charge on any atom is -0.441 e. The van der Waals surface area contributed by atoms with Gasteiger partial charge in [-0.15, -0.1) is 0 Å². The molecular formula is C16H16N2O. The Morgan fingerprint density at radius 2 is 1.74 bits per heavy atom. The summed E-state index contributed by atoms with van der Waals surface area (Å²) < 4.78 is 5.72. The van der Waals surface area contributed by atoms with E-state index in [1.54, 1.807) is 0 Å². The third kappa shape index (κ3) is 2.60. The van der Waals surface area contributed by atoms with Crippen LogP contribution >= 0.6 is 0 Å². The van der Waals surface area contributed by atoms with Crippen LogP contribution in [0.25, 0.3) is 11.1 Å². The lowest BCUT2D eigenvalue weighted by Crippen LogP contribution is -2.20. The Morgan fingerprint density at radius 3 is 2.53 bits per heavy atom. The van der Waals surface area contributed by atoms with Crippen molar-refractivity contribution in [2.24, 2.45) is 0 Å². The molecule has 0 amide bonds. The molecule has 3 nitrogen and oxygen atoms in total. The van der Waals surface area contributed by atoms with Crippen LogP contribution in [0.2, 0.25) is 0 Å². The van der Waals surface area contributed by atoms with Gasteiger partial charge in [0.1, 0.15) is 5.52 Å². The molecule has 1 heterocycles. The first-order chi connectivity index (χ1) is 9.33. The van der Waals surface area contributed by atoms with E-state index in [1.165, 1.54) is 5.69 Å². The highest BCUT2D eigenvalue weighted by molar-refractivity contribution is 5.72. The Kier molecular flexibility index (Phi) is 3.19. The van der Waals surface area contributed by atoms with E-state index in [9.17, 15) is 0 Å². The zero-order valence-corrected chi connectivity index (χ0v) is 10.9. The standard InChI is InChI=1S/C16H16N2O/c1-18(13-7-3-2-4-8-13)12-11-16-17-14-9-5-6-10-15(14)19-16/h2-10H,11-12H2,1H3. The fraction of sp³-hybridized carbons (Fsp3) is 0.188. The molecule has 1 aromatic heterocycles. The fourth-order valence-electron chi connectivity index (χ4n) is 2.10. The first-order valence-electron chi connectivity index (χ1n) is 6.43. The molecule has 0 aliphatic heterocycles. The molecule has 0 bridgehead atoms. The van der Waals surface area contributed by atoms with E-state index in [4.69, 9.17) is 4.42 Å². The molecule has 3 aromatic rings. The lowest BCUT2D eigenvalue weighted by atomic mass is 10.3. The van der Waals surface area contributed by atoms with Gasteiger partial charge in [0, 0.05) is 25.7 Å². The van der Waals surface area contributed by atoms with Crippen molar-refractivity contribution in [2.75, 3.05) is 18.5 Å². The van der Waals surface area contributed by atoms with Crippen molar-refractivity contribution in [1.82, 2.24) is 4.98 Å². The molecule has 0 fully saturated rings. The summed E-state index contributed by atoms with van der Waals surface area (Å²) >= 11 is 0. The molecule has 0 aliphatic carbocycles. The van der Waals surface area contributed by atoms with Crippen molar-refractivity contribution in [3.63, 3.8) is 0 Å². The largest absolute Gasteiger partial charge is 0.441 e. The number of hydrogen-bond donors (Lipinski definition) is 0. The van der Waals surface area contributed by atoms with Crippen LogP contribution < -0.4 is 4.90 Å². The molecule has 0 aliphatic rings. The molecule has 2 aromatic carbocycles. The second-order valence-corrected chi connectivity index (χ2v) is 4.58. The third-order valence-corrected chi connectivity index (χ3v) is 3.20. The molecule has 0 saturated heterocycles. The molecule has 3 rings (SSSR count). The van der Waals surface area contributed by atoms with Gasteiger partial charge in [-0.3, -0.25) is 0 Å². The lowest BCUT2D eigenvalue weighted by molar-refractivity contribution is 0.528. The maximum Gasteiger partial charge on any atom is 0.197 e. The SMILES string of the molecule is CN(CCc1nc2ccccc2o1)c1ccccc1. The first-order valence-corrected chi connectivity index (χ1v) is 6.43. The van der Waals surface area contributed by atoms with Crippen molar-refractivity contribution in [1.29, 1.82) is 0 Å². The monoisotopic (exact) mass is 252 g/mol. The van der Waals surface area contributed by atoms with E-state index in [1.807, 2.05) is 42.5 Å². The van der Waals surface area contributed by atoms with Crippen molar-refractivity contribution >= 4 is 16.8 Å². The topological polar surface area (TPSA) is 29.3 Å². The molecule has 0 radical (unpaired) electrons. The summed E-state index contributed by atoms with van der Waals surface area (Å²) in [6, 6.07) is 18.2. The van der Waals surface area contributed by atoms with E-state index in [-0.39, 0.29) is 0 Å². The Labute approximate surface area is 112 Å². The number of benzene rings is 2. The highest BCUT2D eigenvalue weighted by Gasteiger charge is 2.06. The summed E-state index contributed by atoms with van der Waals surface area (Å²) in [4.78, 5) is 6.69. The number of anilines is 1. The maximum atomic E-state index is 5.72. The molecule has 3 heteroatoms. The number of likely N-dealkylation sites (N-methyl/N-ethyl adjacent to an activating group) is 1. The quantitative estimate of drug-likeness (QED) is 0.711. The summed E-state index contributed by atoms with van der Waals surface area (Å²) in [5.74, 6) is 0.795. The highest BCUT2D eigenvalue weighted by atomic mass is 16.3. The van der Waals surface area contributed by atoms with Gasteiger partial charge in [0.15, 0.2) is 11.5 Å². The van der Waals surface area contributed by atoms with Gasteiger partial charge >= 0.3 is 0 Å². The number of nitrogens with zero attached hydrogens (tertiary/aromatic N) is 2. The first kappa shape index (κ1) is 11.8. The van der Waals surface area contributed by atoms with E-state index < -0.39 is 0 Å². The van der Waals surface area contributed by atoms with Crippen molar-refractivity contribution in [2.45, 2.75) is 6.42 Å². The Hall–Kier alpha value is -2.29. The maximum absolute atomic E-state index is 5.72. The minimum atomic E-state index is 0.795. The predicted octanol–water partition coefficient (Wildman–Crippen LogP) is 3.51. The summed E-state index contributed by atoms with van der Waals surface area (Å²) in [5, 5.41) is 0. The van der Waals surface area contributed by atoms with Crippen molar-refractivity contribution in [3.8, 4) is 0 Å². The number of rotatable bonds is 4. The summed E-state index contributed by atoms with van der Waals surface area (Å²) in [7, 11) is 2.08. The van der Waals surface area contributed by atoms with Crippen LogP contribution in [-0.4, -0.2) is 18.6 Å². The average Bonchev–Trinajstić information content (AvgIpc) is 2.88. The van der Waals surface area contributed by atoms with Gasteiger partial charge in [0.2, 0.25) is 0 Å². The van der Waals surface area contributed by atoms with Gasteiger partial charge in [-0.1, -0.05) is 30.3 Å². The van der Waals surface area contributed by atoms with Crippen LogP contribution in [0.3, 0.4) is 0 Å². The molecule has 0 unspecified atom stereocenters. The van der Waals surface area contributed by atoms with Gasteiger partial charge in [0.25, 0.3) is 0 Å². The number of aromatic nitrogens is 1. The fourth-order valence-corrected chi connectivity index (χ4v) is 2.10. The molecule has 19 heavy (non-hydrogen) atoms. The van der Waals surface area contributed by atoms with Gasteiger partial charge in [-0.05, 0) is 24.3 Å². The van der Waals surface area contributed by atoms with Gasteiger partial charge < -0.3 is 9.32 Å². The number of oxazole rings is 1. The number of fused-ring (bicyclic) bond motifs is 1. The molecule has 0 N–H and O–H groups in total. The summed E-state index contributed by atoms with van der Waals surface area (Å²) in [5.41, 5.74) is 3.00. The second kappa shape index (κ2) is 5.14. The molecule has 0 atom stereocenters. The molecular weight excluding hydrogens is 236 g/mol. The van der Waals surface area contributed by atoms with Crippen LogP contribution in [-0.2, 0) is 6.42 Å². The van der Waals surface area contributed by atoms with Crippen LogP contribution in [0.1, 0.15) is 5.89 Å². The smallest absolute Gasteiger partial charge is 0.197 e. The second-order valence-electron chi connectivity index (χ2n) is 4.58. The highest BCUT2D eigenvalue weighted by Crippen LogP contribution is 2.16. The van der Waals surface area contributed by atoms with Crippen molar-refractivity contribution in [3.05, 3.63) is 60.5 Å². The summed E-state index contributed by atoms with van der Waals surface area (Å²) in [6.07, 6.45) is 0.806. The van der Waals surface area contributed by atoms with Gasteiger partial charge in [0.05, 0.1) is 0 Å². The van der Waals surface area contributed by atoms with Gasteiger partial charge in [-0.2, -0.15) is 0 Å².